The summed E-state index contributed by atoms with van der Waals surface area (Å²) >= 11 is 0. The molecule has 6 heteroatoms. The summed E-state index contributed by atoms with van der Waals surface area (Å²) in [6.45, 7) is 3.49. The van der Waals surface area contributed by atoms with Gasteiger partial charge in [-0.15, -0.1) is 6.58 Å². The highest BCUT2D eigenvalue weighted by Gasteiger charge is 2.29. The SMILES string of the molecule is C=CCNC(=O)COc1ccc(C(F)(F)F)cc1. The highest BCUT2D eigenvalue weighted by Crippen LogP contribution is 2.30. The van der Waals surface area contributed by atoms with E-state index in [-0.39, 0.29) is 18.3 Å². The van der Waals surface area contributed by atoms with Gasteiger partial charge in [0.15, 0.2) is 6.61 Å². The molecule has 0 fully saturated rings. The first-order valence-electron chi connectivity index (χ1n) is 5.11. The Morgan fingerprint density at radius 2 is 1.94 bits per heavy atom. The Balaban J connectivity index is 2.49. The minimum absolute atomic E-state index is 0.205. The average Bonchev–Trinajstić information content (AvgIpc) is 2.33. The zero-order chi connectivity index (χ0) is 13.6. The maximum absolute atomic E-state index is 12.3. The van der Waals surface area contributed by atoms with Crippen molar-refractivity contribution in [3.8, 4) is 5.75 Å². The van der Waals surface area contributed by atoms with Crippen LogP contribution in [0.2, 0.25) is 0 Å². The lowest BCUT2D eigenvalue weighted by Gasteiger charge is -2.09. The standard InChI is InChI=1S/C12H12F3NO2/c1-2-7-16-11(17)8-18-10-5-3-9(4-6-10)12(13,14)15/h2-6H,1,7-8H2,(H,16,17). The van der Waals surface area contributed by atoms with E-state index < -0.39 is 11.7 Å². The van der Waals surface area contributed by atoms with E-state index in [0.717, 1.165) is 12.1 Å². The molecule has 0 heterocycles. The summed E-state index contributed by atoms with van der Waals surface area (Å²) in [6.07, 6.45) is -2.87. The van der Waals surface area contributed by atoms with Crippen molar-refractivity contribution >= 4 is 5.91 Å². The summed E-state index contributed by atoms with van der Waals surface area (Å²) in [5.74, 6) is -0.161. The van der Waals surface area contributed by atoms with Gasteiger partial charge in [0.05, 0.1) is 5.56 Å². The van der Waals surface area contributed by atoms with Crippen LogP contribution in [0.3, 0.4) is 0 Å². The van der Waals surface area contributed by atoms with Crippen molar-refractivity contribution in [2.24, 2.45) is 0 Å². The van der Waals surface area contributed by atoms with Crippen LogP contribution < -0.4 is 10.1 Å². The van der Waals surface area contributed by atoms with E-state index in [4.69, 9.17) is 4.74 Å². The fourth-order valence-corrected chi connectivity index (χ4v) is 1.13. The molecule has 0 radical (unpaired) electrons. The Hall–Kier alpha value is -1.98. The lowest BCUT2D eigenvalue weighted by atomic mass is 10.2. The molecule has 0 aliphatic carbocycles. The molecule has 0 saturated carbocycles. The van der Waals surface area contributed by atoms with E-state index in [1.54, 1.807) is 0 Å². The molecule has 0 saturated heterocycles. The monoisotopic (exact) mass is 259 g/mol. The van der Waals surface area contributed by atoms with E-state index >= 15 is 0 Å². The van der Waals surface area contributed by atoms with Crippen LogP contribution in [0.4, 0.5) is 13.2 Å². The van der Waals surface area contributed by atoms with Gasteiger partial charge in [0.2, 0.25) is 0 Å². The smallest absolute Gasteiger partial charge is 0.416 e. The van der Waals surface area contributed by atoms with Crippen LogP contribution in [-0.2, 0) is 11.0 Å². The molecule has 0 aromatic heterocycles. The third kappa shape index (κ3) is 4.48. The van der Waals surface area contributed by atoms with Crippen LogP contribution in [0.1, 0.15) is 5.56 Å². The topological polar surface area (TPSA) is 38.3 Å². The molecule has 3 nitrogen and oxygen atoms in total. The van der Waals surface area contributed by atoms with E-state index in [2.05, 4.69) is 11.9 Å². The van der Waals surface area contributed by atoms with Crippen molar-refractivity contribution in [3.63, 3.8) is 0 Å². The van der Waals surface area contributed by atoms with Crippen LogP contribution in [-0.4, -0.2) is 19.1 Å². The number of amides is 1. The number of hydrogen-bond donors (Lipinski definition) is 1. The predicted molar refractivity (Wildman–Crippen MR) is 60.1 cm³/mol. The number of hydrogen-bond acceptors (Lipinski definition) is 2. The average molecular weight is 259 g/mol. The lowest BCUT2D eigenvalue weighted by molar-refractivity contribution is -0.137. The quantitative estimate of drug-likeness (QED) is 0.824. The van der Waals surface area contributed by atoms with Crippen molar-refractivity contribution < 1.29 is 22.7 Å². The fourth-order valence-electron chi connectivity index (χ4n) is 1.13. The number of nitrogens with one attached hydrogen (secondary N) is 1. The molecule has 18 heavy (non-hydrogen) atoms. The zero-order valence-corrected chi connectivity index (χ0v) is 9.46. The van der Waals surface area contributed by atoms with Crippen LogP contribution >= 0.6 is 0 Å². The Morgan fingerprint density at radius 1 is 1.33 bits per heavy atom. The molecule has 1 N–H and O–H groups in total. The molecule has 0 aliphatic heterocycles. The lowest BCUT2D eigenvalue weighted by Crippen LogP contribution is -2.28. The Kier molecular flexibility index (Phi) is 4.76. The minimum Gasteiger partial charge on any atom is -0.484 e. The van der Waals surface area contributed by atoms with E-state index in [0.29, 0.717) is 6.54 Å². The van der Waals surface area contributed by atoms with Crippen molar-refractivity contribution in [2.45, 2.75) is 6.18 Å². The summed E-state index contributed by atoms with van der Waals surface area (Å²) in [7, 11) is 0. The van der Waals surface area contributed by atoms with Crippen molar-refractivity contribution in [1.29, 1.82) is 0 Å². The van der Waals surface area contributed by atoms with Gasteiger partial charge in [0.1, 0.15) is 5.75 Å². The van der Waals surface area contributed by atoms with Gasteiger partial charge in [0.25, 0.3) is 5.91 Å². The summed E-state index contributed by atoms with van der Waals surface area (Å²) < 4.78 is 41.8. The van der Waals surface area contributed by atoms with Crippen LogP contribution in [0.25, 0.3) is 0 Å². The Morgan fingerprint density at radius 3 is 2.44 bits per heavy atom. The molecular formula is C12H12F3NO2. The van der Waals surface area contributed by atoms with E-state index in [1.807, 2.05) is 0 Å². The number of alkyl halides is 3. The van der Waals surface area contributed by atoms with Crippen molar-refractivity contribution in [2.75, 3.05) is 13.2 Å². The molecule has 1 aromatic rings. The molecule has 1 aromatic carbocycles. The molecule has 1 amide bonds. The largest absolute Gasteiger partial charge is 0.484 e. The minimum atomic E-state index is -4.38. The Bertz CT molecular complexity index is 412. The zero-order valence-electron chi connectivity index (χ0n) is 9.46. The summed E-state index contributed by atoms with van der Waals surface area (Å²) in [4.78, 5) is 11.1. The molecule has 0 unspecified atom stereocenters. The molecule has 0 bridgehead atoms. The second-order valence-electron chi connectivity index (χ2n) is 3.40. The van der Waals surface area contributed by atoms with Gasteiger partial charge in [-0.3, -0.25) is 4.79 Å². The summed E-state index contributed by atoms with van der Waals surface area (Å²) in [6, 6.07) is 4.14. The number of carbonyl (C=O) groups excluding carboxylic acids is 1. The van der Waals surface area contributed by atoms with E-state index in [1.165, 1.54) is 18.2 Å². The number of benzene rings is 1. The van der Waals surface area contributed by atoms with Gasteiger partial charge in [-0.05, 0) is 24.3 Å². The normalized spacial score (nSPS) is 10.8. The molecule has 0 atom stereocenters. The van der Waals surface area contributed by atoms with Crippen molar-refractivity contribution in [1.82, 2.24) is 5.32 Å². The molecule has 0 spiro atoms. The van der Waals surface area contributed by atoms with Gasteiger partial charge >= 0.3 is 6.18 Å². The molecular weight excluding hydrogens is 247 g/mol. The van der Waals surface area contributed by atoms with E-state index in [9.17, 15) is 18.0 Å². The van der Waals surface area contributed by atoms with Crippen LogP contribution in [0.15, 0.2) is 36.9 Å². The van der Waals surface area contributed by atoms with Gasteiger partial charge in [-0.1, -0.05) is 6.08 Å². The Labute approximate surface area is 102 Å². The van der Waals surface area contributed by atoms with Crippen LogP contribution in [0.5, 0.6) is 5.75 Å². The first kappa shape index (κ1) is 14.1. The van der Waals surface area contributed by atoms with Crippen LogP contribution in [0, 0.1) is 0 Å². The number of halogens is 3. The number of carbonyl (C=O) groups is 1. The molecule has 98 valence electrons. The highest BCUT2D eigenvalue weighted by molar-refractivity contribution is 5.77. The van der Waals surface area contributed by atoms with Gasteiger partial charge < -0.3 is 10.1 Å². The van der Waals surface area contributed by atoms with Crippen molar-refractivity contribution in [3.05, 3.63) is 42.5 Å². The third-order valence-corrected chi connectivity index (χ3v) is 2.00. The fraction of sp³-hybridized carbons (Fsp3) is 0.250. The first-order chi connectivity index (χ1) is 8.43. The van der Waals surface area contributed by atoms with Gasteiger partial charge in [-0.25, -0.2) is 0 Å². The number of rotatable bonds is 5. The molecule has 0 aliphatic rings. The van der Waals surface area contributed by atoms with Gasteiger partial charge in [0, 0.05) is 6.54 Å². The maximum atomic E-state index is 12.3. The summed E-state index contributed by atoms with van der Waals surface area (Å²) in [5, 5.41) is 2.48. The maximum Gasteiger partial charge on any atom is 0.416 e. The summed E-state index contributed by atoms with van der Waals surface area (Å²) in [5.41, 5.74) is -0.758. The van der Waals surface area contributed by atoms with Gasteiger partial charge in [-0.2, -0.15) is 13.2 Å². The second kappa shape index (κ2) is 6.09. The highest BCUT2D eigenvalue weighted by atomic mass is 19.4. The second-order valence-corrected chi connectivity index (χ2v) is 3.40. The third-order valence-electron chi connectivity index (χ3n) is 2.00. The first-order valence-corrected chi connectivity index (χ1v) is 5.11. The predicted octanol–water partition coefficient (Wildman–Crippen LogP) is 2.39. The number of ether oxygens (including phenoxy) is 1. The molecule has 1 rings (SSSR count).